The maximum Gasteiger partial charge on any atom is 0.265 e. The average Bonchev–Trinajstić information content (AvgIpc) is 2.74. The van der Waals surface area contributed by atoms with Gasteiger partial charge in [0.25, 0.3) is 11.8 Å². The molecule has 0 aliphatic carbocycles. The van der Waals surface area contributed by atoms with Crippen LogP contribution in [-0.4, -0.2) is 64.1 Å². The molecule has 30 heavy (non-hydrogen) atoms. The van der Waals surface area contributed by atoms with Gasteiger partial charge in [0, 0.05) is 25.7 Å². The molecule has 9 heteroatoms. The summed E-state index contributed by atoms with van der Waals surface area (Å²) < 4.78 is 15.9. The Hall–Kier alpha value is -3.75. The predicted octanol–water partition coefficient (Wildman–Crippen LogP) is 1.77. The minimum Gasteiger partial charge on any atom is -0.497 e. The van der Waals surface area contributed by atoms with E-state index in [2.05, 4.69) is 5.32 Å². The molecule has 3 rings (SSSR count). The molecule has 0 saturated carbocycles. The van der Waals surface area contributed by atoms with Crippen molar-refractivity contribution in [3.63, 3.8) is 0 Å². The number of anilines is 2. The summed E-state index contributed by atoms with van der Waals surface area (Å²) in [5.41, 5.74) is 1.17. The van der Waals surface area contributed by atoms with Crippen LogP contribution in [0.5, 0.6) is 17.2 Å². The molecule has 2 aromatic rings. The summed E-state index contributed by atoms with van der Waals surface area (Å²) in [4.78, 5) is 40.2. The molecule has 3 amide bonds. The number of amides is 3. The molecule has 0 aromatic heterocycles. The number of rotatable bonds is 6. The number of nitrogens with zero attached hydrogens (tertiary/aromatic N) is 2. The second-order valence-electron chi connectivity index (χ2n) is 6.77. The fraction of sp³-hybridized carbons (Fsp3) is 0.286. The number of benzene rings is 2. The molecule has 1 aliphatic heterocycles. The van der Waals surface area contributed by atoms with Crippen molar-refractivity contribution in [3.05, 3.63) is 42.0 Å². The molecule has 1 aliphatic rings. The van der Waals surface area contributed by atoms with Crippen LogP contribution in [0.25, 0.3) is 0 Å². The van der Waals surface area contributed by atoms with E-state index in [4.69, 9.17) is 14.2 Å². The lowest BCUT2D eigenvalue weighted by Gasteiger charge is -2.29. The van der Waals surface area contributed by atoms with Crippen LogP contribution in [0.2, 0.25) is 0 Å². The maximum absolute atomic E-state index is 12.7. The standard InChI is InChI=1S/C21H23N3O6/c1-23(2)21(27)13-5-7-18-16(9-13)24(20(26)12-30-18)11-19(25)22-15-10-14(28-3)6-8-17(15)29-4/h5-10H,11-12H2,1-4H3,(H,22,25). The summed E-state index contributed by atoms with van der Waals surface area (Å²) in [6.45, 7) is -0.446. The summed E-state index contributed by atoms with van der Waals surface area (Å²) in [7, 11) is 6.28. The van der Waals surface area contributed by atoms with E-state index < -0.39 is 5.91 Å². The Balaban J connectivity index is 1.85. The van der Waals surface area contributed by atoms with Crippen LogP contribution in [0, 0.1) is 0 Å². The molecule has 1 heterocycles. The van der Waals surface area contributed by atoms with Crippen molar-refractivity contribution < 1.29 is 28.6 Å². The van der Waals surface area contributed by atoms with Crippen molar-refractivity contribution in [3.8, 4) is 17.2 Å². The zero-order valence-corrected chi connectivity index (χ0v) is 17.2. The van der Waals surface area contributed by atoms with E-state index in [1.807, 2.05) is 0 Å². The van der Waals surface area contributed by atoms with Crippen LogP contribution in [0.3, 0.4) is 0 Å². The van der Waals surface area contributed by atoms with E-state index in [1.165, 1.54) is 24.0 Å². The third-order valence-electron chi connectivity index (χ3n) is 4.54. The first kappa shape index (κ1) is 21.0. The van der Waals surface area contributed by atoms with Gasteiger partial charge in [-0.05, 0) is 30.3 Å². The number of methoxy groups -OCH3 is 2. The number of carbonyl (C=O) groups excluding carboxylic acids is 3. The van der Waals surface area contributed by atoms with Crippen molar-refractivity contribution in [1.29, 1.82) is 0 Å². The van der Waals surface area contributed by atoms with Gasteiger partial charge in [-0.3, -0.25) is 19.3 Å². The number of carbonyl (C=O) groups is 3. The van der Waals surface area contributed by atoms with Gasteiger partial charge in [-0.2, -0.15) is 0 Å². The lowest BCUT2D eigenvalue weighted by molar-refractivity contribution is -0.123. The maximum atomic E-state index is 12.7. The van der Waals surface area contributed by atoms with Crippen molar-refractivity contribution >= 4 is 29.1 Å². The van der Waals surface area contributed by atoms with Crippen LogP contribution in [0.1, 0.15) is 10.4 Å². The van der Waals surface area contributed by atoms with Gasteiger partial charge in [-0.25, -0.2) is 0 Å². The van der Waals surface area contributed by atoms with Crippen molar-refractivity contribution in [2.24, 2.45) is 0 Å². The minimum absolute atomic E-state index is 0.191. The Kier molecular flexibility index (Phi) is 6.10. The molecule has 0 saturated heterocycles. The van der Waals surface area contributed by atoms with Gasteiger partial charge >= 0.3 is 0 Å². The van der Waals surface area contributed by atoms with Gasteiger partial charge in [0.2, 0.25) is 5.91 Å². The summed E-state index contributed by atoms with van der Waals surface area (Å²) in [5.74, 6) is 0.386. The molecular weight excluding hydrogens is 390 g/mol. The Morgan fingerprint density at radius 3 is 2.57 bits per heavy atom. The topological polar surface area (TPSA) is 97.4 Å². The van der Waals surface area contributed by atoms with Gasteiger partial charge in [-0.1, -0.05) is 0 Å². The van der Waals surface area contributed by atoms with E-state index >= 15 is 0 Å². The van der Waals surface area contributed by atoms with Gasteiger partial charge in [0.1, 0.15) is 23.8 Å². The van der Waals surface area contributed by atoms with E-state index in [0.29, 0.717) is 34.2 Å². The molecule has 0 radical (unpaired) electrons. The molecule has 9 nitrogen and oxygen atoms in total. The lowest BCUT2D eigenvalue weighted by atomic mass is 10.1. The third-order valence-corrected chi connectivity index (χ3v) is 4.54. The number of fused-ring (bicyclic) bond motifs is 1. The molecule has 0 atom stereocenters. The number of nitrogens with one attached hydrogen (secondary N) is 1. The smallest absolute Gasteiger partial charge is 0.265 e. The normalized spacial score (nSPS) is 12.5. The van der Waals surface area contributed by atoms with Crippen molar-refractivity contribution in [2.45, 2.75) is 0 Å². The SMILES string of the molecule is COc1ccc(OC)c(NC(=O)CN2C(=O)COc3ccc(C(=O)N(C)C)cc32)c1. The Morgan fingerprint density at radius 1 is 1.13 bits per heavy atom. The number of hydrogen-bond donors (Lipinski definition) is 1. The first-order valence-corrected chi connectivity index (χ1v) is 9.14. The average molecular weight is 413 g/mol. The zero-order valence-electron chi connectivity index (χ0n) is 17.2. The predicted molar refractivity (Wildman–Crippen MR) is 110 cm³/mol. The number of ether oxygens (including phenoxy) is 3. The second-order valence-corrected chi connectivity index (χ2v) is 6.77. The van der Waals surface area contributed by atoms with E-state index in [9.17, 15) is 14.4 Å². The largest absolute Gasteiger partial charge is 0.497 e. The summed E-state index contributed by atoms with van der Waals surface area (Å²) in [6.07, 6.45) is 0. The molecule has 0 bridgehead atoms. The first-order valence-electron chi connectivity index (χ1n) is 9.14. The fourth-order valence-electron chi connectivity index (χ4n) is 3.01. The van der Waals surface area contributed by atoms with Crippen LogP contribution < -0.4 is 24.4 Å². The lowest BCUT2D eigenvalue weighted by Crippen LogP contribution is -2.43. The first-order chi connectivity index (χ1) is 14.3. The highest BCUT2D eigenvalue weighted by Crippen LogP contribution is 2.34. The Morgan fingerprint density at radius 2 is 1.90 bits per heavy atom. The van der Waals surface area contributed by atoms with Gasteiger partial charge < -0.3 is 24.4 Å². The van der Waals surface area contributed by atoms with E-state index in [-0.39, 0.29) is 25.0 Å². The molecule has 158 valence electrons. The highest BCUT2D eigenvalue weighted by molar-refractivity contribution is 6.06. The van der Waals surface area contributed by atoms with Gasteiger partial charge in [0.05, 0.1) is 25.6 Å². The Bertz CT molecular complexity index is 989. The quantitative estimate of drug-likeness (QED) is 0.775. The Labute approximate surface area is 174 Å². The molecular formula is C21H23N3O6. The highest BCUT2D eigenvalue weighted by Gasteiger charge is 2.28. The van der Waals surface area contributed by atoms with Crippen LogP contribution in [0.4, 0.5) is 11.4 Å². The van der Waals surface area contributed by atoms with Crippen LogP contribution in [-0.2, 0) is 9.59 Å². The van der Waals surface area contributed by atoms with Crippen LogP contribution >= 0.6 is 0 Å². The molecule has 0 unspecified atom stereocenters. The molecule has 0 fully saturated rings. The highest BCUT2D eigenvalue weighted by atomic mass is 16.5. The van der Waals surface area contributed by atoms with Crippen molar-refractivity contribution in [2.75, 3.05) is 51.7 Å². The molecule has 2 aromatic carbocycles. The summed E-state index contributed by atoms with van der Waals surface area (Å²) >= 11 is 0. The zero-order chi connectivity index (χ0) is 21.8. The fourth-order valence-corrected chi connectivity index (χ4v) is 3.01. The summed E-state index contributed by atoms with van der Waals surface area (Å²) in [6, 6.07) is 9.79. The third kappa shape index (κ3) is 4.29. The number of hydrogen-bond acceptors (Lipinski definition) is 6. The van der Waals surface area contributed by atoms with Gasteiger partial charge in [-0.15, -0.1) is 0 Å². The summed E-state index contributed by atoms with van der Waals surface area (Å²) in [5, 5.41) is 2.74. The van der Waals surface area contributed by atoms with Crippen LogP contribution in [0.15, 0.2) is 36.4 Å². The van der Waals surface area contributed by atoms with Crippen molar-refractivity contribution in [1.82, 2.24) is 4.90 Å². The monoisotopic (exact) mass is 413 g/mol. The van der Waals surface area contributed by atoms with E-state index in [0.717, 1.165) is 0 Å². The van der Waals surface area contributed by atoms with Gasteiger partial charge in [0.15, 0.2) is 6.61 Å². The molecule has 1 N–H and O–H groups in total. The minimum atomic E-state index is -0.438. The van der Waals surface area contributed by atoms with E-state index in [1.54, 1.807) is 50.5 Å². The second kappa shape index (κ2) is 8.73. The molecule has 0 spiro atoms.